The van der Waals surface area contributed by atoms with Crippen LogP contribution >= 0.6 is 0 Å². The van der Waals surface area contributed by atoms with Crippen LogP contribution in [0.25, 0.3) is 0 Å². The molecule has 6 nitrogen and oxygen atoms in total. The number of aromatic nitrogens is 1. The Kier molecular flexibility index (Phi) is 5.19. The number of H-pyrrole nitrogens is 1. The molecule has 0 aliphatic heterocycles. The number of anilines is 2. The van der Waals surface area contributed by atoms with Gasteiger partial charge in [0, 0.05) is 30.7 Å². The maximum Gasteiger partial charge on any atom is 0.261 e. The van der Waals surface area contributed by atoms with E-state index in [1.54, 1.807) is 18.2 Å². The predicted octanol–water partition coefficient (Wildman–Crippen LogP) is 1.93. The third kappa shape index (κ3) is 3.91. The average molecular weight is 341 g/mol. The highest BCUT2D eigenvalue weighted by Crippen LogP contribution is 2.20. The number of pyridine rings is 1. The molecule has 1 aromatic carbocycles. The third-order valence-corrected chi connectivity index (χ3v) is 4.58. The number of fused-ring (bicyclic) bond motifs is 1. The van der Waals surface area contributed by atoms with Crippen LogP contribution in [0.4, 0.5) is 11.4 Å². The summed E-state index contributed by atoms with van der Waals surface area (Å²) in [4.78, 5) is 29.4. The minimum absolute atomic E-state index is 0.0795. The number of nitrogens with one attached hydrogen (secondary N) is 2. The van der Waals surface area contributed by atoms with Crippen molar-refractivity contribution in [1.82, 2.24) is 4.98 Å². The van der Waals surface area contributed by atoms with Crippen molar-refractivity contribution in [2.75, 3.05) is 30.4 Å². The van der Waals surface area contributed by atoms with Gasteiger partial charge >= 0.3 is 0 Å². The zero-order valence-corrected chi connectivity index (χ0v) is 14.3. The molecule has 1 aliphatic rings. The number of amides is 1. The summed E-state index contributed by atoms with van der Waals surface area (Å²) in [6.07, 6.45) is 3.93. The van der Waals surface area contributed by atoms with E-state index in [2.05, 4.69) is 10.3 Å². The van der Waals surface area contributed by atoms with E-state index in [1.165, 1.54) is 0 Å². The second kappa shape index (κ2) is 7.53. The maximum atomic E-state index is 12.5. The first-order valence-electron chi connectivity index (χ1n) is 8.57. The number of benzene rings is 1. The molecule has 0 bridgehead atoms. The molecule has 3 N–H and O–H groups in total. The first-order valence-corrected chi connectivity index (χ1v) is 8.57. The number of aliphatic hydroxyl groups is 1. The summed E-state index contributed by atoms with van der Waals surface area (Å²) in [6.45, 7) is 0.617. The lowest BCUT2D eigenvalue weighted by Gasteiger charge is -2.18. The molecule has 0 radical (unpaired) electrons. The van der Waals surface area contributed by atoms with Gasteiger partial charge < -0.3 is 20.3 Å². The monoisotopic (exact) mass is 341 g/mol. The van der Waals surface area contributed by atoms with E-state index in [9.17, 15) is 9.59 Å². The van der Waals surface area contributed by atoms with Gasteiger partial charge in [0.15, 0.2) is 0 Å². The van der Waals surface area contributed by atoms with Gasteiger partial charge in [-0.3, -0.25) is 9.59 Å². The van der Waals surface area contributed by atoms with Crippen molar-refractivity contribution in [3.8, 4) is 0 Å². The number of carbonyl (C=O) groups excluding carboxylic acids is 1. The van der Waals surface area contributed by atoms with Crippen molar-refractivity contribution in [2.45, 2.75) is 25.7 Å². The number of rotatable bonds is 5. The molecule has 132 valence electrons. The topological polar surface area (TPSA) is 85.4 Å². The normalized spacial score (nSPS) is 13.2. The lowest BCUT2D eigenvalue weighted by atomic mass is 9.95. The molecule has 1 aliphatic carbocycles. The van der Waals surface area contributed by atoms with Gasteiger partial charge in [-0.25, -0.2) is 0 Å². The average Bonchev–Trinajstić information content (AvgIpc) is 2.62. The molecule has 3 rings (SSSR count). The Morgan fingerprint density at radius 1 is 1.24 bits per heavy atom. The van der Waals surface area contributed by atoms with Crippen molar-refractivity contribution < 1.29 is 9.90 Å². The molecule has 0 atom stereocenters. The zero-order valence-electron chi connectivity index (χ0n) is 14.3. The van der Waals surface area contributed by atoms with E-state index in [0.717, 1.165) is 42.6 Å². The number of aliphatic hydroxyl groups excluding tert-OH is 1. The molecule has 0 spiro atoms. The highest BCUT2D eigenvalue weighted by molar-refractivity contribution is 6.04. The van der Waals surface area contributed by atoms with Crippen molar-refractivity contribution in [2.24, 2.45) is 0 Å². The van der Waals surface area contributed by atoms with Crippen molar-refractivity contribution in [3.05, 3.63) is 57.5 Å². The Balaban J connectivity index is 1.75. The number of aryl methyl sites for hydroxylation is 2. The number of hydrogen-bond acceptors (Lipinski definition) is 4. The molecule has 0 saturated heterocycles. The fraction of sp³-hybridized carbons (Fsp3) is 0.368. The number of hydrogen-bond donors (Lipinski definition) is 3. The van der Waals surface area contributed by atoms with Gasteiger partial charge in [-0.1, -0.05) is 0 Å². The van der Waals surface area contributed by atoms with Crippen LogP contribution in [0.3, 0.4) is 0 Å². The van der Waals surface area contributed by atoms with Crippen LogP contribution in [0.2, 0.25) is 0 Å². The standard InChI is InChI=1S/C19H23N3O3/c1-22(10-11-23)15-8-6-14(7-9-15)20-18(24)16-12-13-4-2-3-5-17(13)21-19(16)25/h6-9,12,23H,2-5,10-11H2,1H3,(H,20,24)(H,21,25). The molecule has 25 heavy (non-hydrogen) atoms. The van der Waals surface area contributed by atoms with E-state index in [0.29, 0.717) is 12.2 Å². The Morgan fingerprint density at radius 3 is 2.68 bits per heavy atom. The fourth-order valence-corrected chi connectivity index (χ4v) is 3.12. The highest BCUT2D eigenvalue weighted by atomic mass is 16.3. The van der Waals surface area contributed by atoms with E-state index in [4.69, 9.17) is 5.11 Å². The molecule has 1 aromatic heterocycles. The van der Waals surface area contributed by atoms with Gasteiger partial charge in [-0.05, 0) is 61.6 Å². The van der Waals surface area contributed by atoms with Crippen molar-refractivity contribution in [1.29, 1.82) is 0 Å². The Hall–Kier alpha value is -2.60. The Labute approximate surface area is 146 Å². The summed E-state index contributed by atoms with van der Waals surface area (Å²) in [5.74, 6) is -0.397. The fourth-order valence-electron chi connectivity index (χ4n) is 3.12. The number of nitrogens with zero attached hydrogens (tertiary/aromatic N) is 1. The van der Waals surface area contributed by atoms with Gasteiger partial charge in [0.05, 0.1) is 6.61 Å². The van der Waals surface area contributed by atoms with E-state index in [1.807, 2.05) is 24.1 Å². The second-order valence-electron chi connectivity index (χ2n) is 6.37. The quantitative estimate of drug-likeness (QED) is 0.776. The molecular weight excluding hydrogens is 318 g/mol. The summed E-state index contributed by atoms with van der Waals surface area (Å²) >= 11 is 0. The Bertz CT molecular complexity index is 812. The first-order chi connectivity index (χ1) is 12.1. The lowest BCUT2D eigenvalue weighted by Crippen LogP contribution is -2.26. The smallest absolute Gasteiger partial charge is 0.261 e. The van der Waals surface area contributed by atoms with E-state index >= 15 is 0 Å². The van der Waals surface area contributed by atoms with Crippen molar-refractivity contribution >= 4 is 17.3 Å². The molecule has 0 fully saturated rings. The van der Waals surface area contributed by atoms with E-state index < -0.39 is 5.91 Å². The van der Waals surface area contributed by atoms with Gasteiger partial charge in [0.1, 0.15) is 5.56 Å². The van der Waals surface area contributed by atoms with Crippen LogP contribution in [0.15, 0.2) is 35.1 Å². The number of likely N-dealkylation sites (N-methyl/N-ethyl adjacent to an activating group) is 1. The van der Waals surface area contributed by atoms with Gasteiger partial charge in [-0.15, -0.1) is 0 Å². The first kappa shape index (κ1) is 17.2. The molecule has 2 aromatic rings. The summed E-state index contributed by atoms with van der Waals surface area (Å²) in [7, 11) is 1.89. The minimum atomic E-state index is -0.397. The zero-order chi connectivity index (χ0) is 17.8. The summed E-state index contributed by atoms with van der Waals surface area (Å²) in [6, 6.07) is 9.03. The van der Waals surface area contributed by atoms with Crippen LogP contribution in [-0.4, -0.2) is 36.2 Å². The lowest BCUT2D eigenvalue weighted by molar-refractivity contribution is 0.102. The largest absolute Gasteiger partial charge is 0.395 e. The number of aromatic amines is 1. The predicted molar refractivity (Wildman–Crippen MR) is 98.5 cm³/mol. The van der Waals surface area contributed by atoms with Gasteiger partial charge in [0.25, 0.3) is 11.5 Å². The van der Waals surface area contributed by atoms with Crippen LogP contribution in [-0.2, 0) is 12.8 Å². The molecular formula is C19H23N3O3. The summed E-state index contributed by atoms with van der Waals surface area (Å²) < 4.78 is 0. The van der Waals surface area contributed by atoms with Crippen LogP contribution in [0.1, 0.15) is 34.5 Å². The maximum absolute atomic E-state index is 12.5. The Morgan fingerprint density at radius 2 is 1.96 bits per heavy atom. The molecule has 6 heteroatoms. The highest BCUT2D eigenvalue weighted by Gasteiger charge is 2.17. The SMILES string of the molecule is CN(CCO)c1ccc(NC(=O)c2cc3c([nH]c2=O)CCCC3)cc1. The van der Waals surface area contributed by atoms with Crippen LogP contribution < -0.4 is 15.8 Å². The summed E-state index contributed by atoms with van der Waals surface area (Å²) in [5, 5.41) is 11.8. The third-order valence-electron chi connectivity index (χ3n) is 4.58. The van der Waals surface area contributed by atoms with E-state index in [-0.39, 0.29) is 17.7 Å². The van der Waals surface area contributed by atoms with Crippen molar-refractivity contribution in [3.63, 3.8) is 0 Å². The second-order valence-corrected chi connectivity index (χ2v) is 6.37. The van der Waals surface area contributed by atoms with Gasteiger partial charge in [0.2, 0.25) is 0 Å². The molecule has 1 amide bonds. The van der Waals surface area contributed by atoms with Crippen LogP contribution in [0.5, 0.6) is 0 Å². The molecule has 1 heterocycles. The van der Waals surface area contributed by atoms with Crippen LogP contribution in [0, 0.1) is 0 Å². The summed E-state index contributed by atoms with van der Waals surface area (Å²) in [5.41, 5.74) is 3.42. The molecule has 0 saturated carbocycles. The number of carbonyl (C=O) groups is 1. The minimum Gasteiger partial charge on any atom is -0.395 e. The van der Waals surface area contributed by atoms with Gasteiger partial charge in [-0.2, -0.15) is 0 Å². The molecule has 0 unspecified atom stereocenters.